The maximum Gasteiger partial charge on any atom is 0.460 e. The lowest BCUT2D eigenvalue weighted by Crippen LogP contribution is -2.70. The Morgan fingerprint density at radius 1 is 0.519 bits per heavy atom. The zero-order chi connectivity index (χ0) is 21.9. The molecule has 0 atom stereocenters. The first kappa shape index (κ1) is 26.1. The van der Waals surface area contributed by atoms with Gasteiger partial charge in [-0.3, -0.25) is 0 Å². The van der Waals surface area contributed by atoms with E-state index in [1.807, 2.05) is 0 Å². The minimum atomic E-state index is -7.82. The van der Waals surface area contributed by atoms with Crippen LogP contribution in [0.2, 0.25) is 0 Å². The molecule has 0 aliphatic rings. The van der Waals surface area contributed by atoms with E-state index in [9.17, 15) is 57.1 Å². The van der Waals surface area contributed by atoms with Crippen LogP contribution < -0.4 is 5.32 Å². The van der Waals surface area contributed by atoms with E-state index >= 15 is 0 Å². The van der Waals surface area contributed by atoms with Crippen LogP contribution in [0.15, 0.2) is 0 Å². The Kier molecular flexibility index (Phi) is 7.91. The SMILES string of the molecule is CNCCCCCCC(F)(F)C(F)(F)C(F)(F)C(F)(F)C(F)(F)C(F)(F)F. The third-order valence-corrected chi connectivity index (χ3v) is 3.67. The predicted molar refractivity (Wildman–Crippen MR) is 67.8 cm³/mol. The normalized spacial score (nSPS) is 15.3. The number of nitrogens with one attached hydrogen (secondary N) is 1. The Labute approximate surface area is 145 Å². The molecule has 0 aromatic carbocycles. The molecule has 27 heavy (non-hydrogen) atoms. The van der Waals surface area contributed by atoms with Crippen molar-refractivity contribution in [2.24, 2.45) is 0 Å². The monoisotopic (exact) mass is 433 g/mol. The van der Waals surface area contributed by atoms with Crippen molar-refractivity contribution in [3.8, 4) is 0 Å². The van der Waals surface area contributed by atoms with Crippen molar-refractivity contribution < 1.29 is 57.1 Å². The fourth-order valence-electron chi connectivity index (χ4n) is 1.96. The number of rotatable bonds is 11. The zero-order valence-electron chi connectivity index (χ0n) is 13.7. The highest BCUT2D eigenvalue weighted by atomic mass is 19.4. The van der Waals surface area contributed by atoms with Crippen LogP contribution in [-0.2, 0) is 0 Å². The molecule has 0 aliphatic carbocycles. The van der Waals surface area contributed by atoms with Gasteiger partial charge in [-0.25, -0.2) is 0 Å². The van der Waals surface area contributed by atoms with Gasteiger partial charge in [-0.2, -0.15) is 57.1 Å². The standard InChI is InChI=1S/C13H16F13N/c1-27-7-5-3-2-4-6-8(14,15)9(16,17)10(18,19)11(20,21)12(22,23)13(24,25)26/h27H,2-7H2,1H3. The first-order chi connectivity index (χ1) is 11.8. The van der Waals surface area contributed by atoms with Gasteiger partial charge in [0.25, 0.3) is 0 Å². The fourth-order valence-corrected chi connectivity index (χ4v) is 1.96. The Balaban J connectivity index is 5.50. The molecule has 0 aliphatic heterocycles. The predicted octanol–water partition coefficient (Wildman–Crippen LogP) is 5.90. The number of halogens is 13. The van der Waals surface area contributed by atoms with Crippen molar-refractivity contribution in [2.45, 2.75) is 67.9 Å². The Morgan fingerprint density at radius 2 is 0.926 bits per heavy atom. The maximum atomic E-state index is 13.4. The highest BCUT2D eigenvalue weighted by Crippen LogP contribution is 2.60. The number of hydrogen-bond acceptors (Lipinski definition) is 1. The molecule has 0 amide bonds. The molecule has 0 saturated heterocycles. The fraction of sp³-hybridized carbons (Fsp3) is 1.00. The van der Waals surface area contributed by atoms with Gasteiger partial charge >= 0.3 is 35.8 Å². The van der Waals surface area contributed by atoms with Crippen LogP contribution in [0.25, 0.3) is 0 Å². The van der Waals surface area contributed by atoms with E-state index in [1.165, 1.54) is 7.05 Å². The van der Waals surface area contributed by atoms with Gasteiger partial charge in [0, 0.05) is 6.42 Å². The summed E-state index contributed by atoms with van der Waals surface area (Å²) in [4.78, 5) is 0. The lowest BCUT2D eigenvalue weighted by molar-refractivity contribution is -0.440. The second-order valence-corrected chi connectivity index (χ2v) is 5.77. The molecule has 0 rings (SSSR count). The van der Waals surface area contributed by atoms with Gasteiger partial charge in [0.2, 0.25) is 0 Å². The molecular formula is C13H16F13N. The van der Waals surface area contributed by atoms with E-state index in [4.69, 9.17) is 0 Å². The van der Waals surface area contributed by atoms with Gasteiger partial charge in [0.15, 0.2) is 0 Å². The summed E-state index contributed by atoms with van der Waals surface area (Å²) in [7, 11) is 1.54. The Morgan fingerprint density at radius 3 is 1.33 bits per heavy atom. The lowest BCUT2D eigenvalue weighted by atomic mass is 9.91. The molecule has 0 spiro atoms. The summed E-state index contributed by atoms with van der Waals surface area (Å²) in [5, 5.41) is 2.65. The van der Waals surface area contributed by atoms with Gasteiger partial charge in [0.1, 0.15) is 0 Å². The number of hydrogen-bond donors (Lipinski definition) is 1. The largest absolute Gasteiger partial charge is 0.460 e. The van der Waals surface area contributed by atoms with Gasteiger partial charge in [-0.1, -0.05) is 12.8 Å². The molecule has 164 valence electrons. The maximum absolute atomic E-state index is 13.4. The molecule has 0 aromatic heterocycles. The molecule has 0 bridgehead atoms. The van der Waals surface area contributed by atoms with Crippen molar-refractivity contribution >= 4 is 0 Å². The number of alkyl halides is 13. The smallest absolute Gasteiger partial charge is 0.320 e. The van der Waals surface area contributed by atoms with Gasteiger partial charge in [-0.15, -0.1) is 0 Å². The van der Waals surface area contributed by atoms with Crippen LogP contribution in [0.1, 0.15) is 32.1 Å². The van der Waals surface area contributed by atoms with Crippen molar-refractivity contribution in [3.05, 3.63) is 0 Å². The minimum Gasteiger partial charge on any atom is -0.320 e. The average molecular weight is 433 g/mol. The van der Waals surface area contributed by atoms with Crippen LogP contribution in [0, 0.1) is 0 Å². The molecule has 0 fully saturated rings. The van der Waals surface area contributed by atoms with Crippen molar-refractivity contribution in [3.63, 3.8) is 0 Å². The molecule has 0 saturated carbocycles. The second kappa shape index (κ2) is 8.19. The molecule has 14 heteroatoms. The topological polar surface area (TPSA) is 12.0 Å². The van der Waals surface area contributed by atoms with E-state index in [0.717, 1.165) is 0 Å². The summed E-state index contributed by atoms with van der Waals surface area (Å²) in [6.07, 6.45) is -10.0. The first-order valence-corrected chi connectivity index (χ1v) is 7.41. The lowest BCUT2D eigenvalue weighted by Gasteiger charge is -2.39. The van der Waals surface area contributed by atoms with Crippen LogP contribution in [-0.4, -0.2) is 49.4 Å². The zero-order valence-corrected chi connectivity index (χ0v) is 13.7. The molecule has 1 N–H and O–H groups in total. The van der Waals surface area contributed by atoms with Gasteiger partial charge in [-0.05, 0) is 26.4 Å². The third kappa shape index (κ3) is 4.73. The Hall–Kier alpha value is -0.950. The molecule has 0 unspecified atom stereocenters. The quantitative estimate of drug-likeness (QED) is 0.316. The van der Waals surface area contributed by atoms with Crippen molar-refractivity contribution in [1.29, 1.82) is 0 Å². The van der Waals surface area contributed by atoms with Crippen LogP contribution in [0.3, 0.4) is 0 Å². The summed E-state index contributed by atoms with van der Waals surface area (Å²) >= 11 is 0. The first-order valence-electron chi connectivity index (χ1n) is 7.41. The third-order valence-electron chi connectivity index (χ3n) is 3.67. The van der Waals surface area contributed by atoms with Gasteiger partial charge < -0.3 is 5.32 Å². The average Bonchev–Trinajstić information content (AvgIpc) is 2.48. The highest BCUT2D eigenvalue weighted by Gasteiger charge is 2.90. The molecule has 0 aromatic rings. The summed E-state index contributed by atoms with van der Waals surface area (Å²) in [5.41, 5.74) is 0. The molecule has 1 nitrogen and oxygen atoms in total. The van der Waals surface area contributed by atoms with Crippen LogP contribution in [0.4, 0.5) is 57.1 Å². The van der Waals surface area contributed by atoms with Crippen molar-refractivity contribution in [2.75, 3.05) is 13.6 Å². The number of unbranched alkanes of at least 4 members (excludes halogenated alkanes) is 3. The van der Waals surface area contributed by atoms with E-state index in [0.29, 0.717) is 13.0 Å². The summed E-state index contributed by atoms with van der Waals surface area (Å²) < 4.78 is 167. The van der Waals surface area contributed by atoms with E-state index in [-0.39, 0.29) is 12.8 Å². The summed E-state index contributed by atoms with van der Waals surface area (Å²) in [5.74, 6) is -36.3. The summed E-state index contributed by atoms with van der Waals surface area (Å²) in [6, 6.07) is 0. The molecule has 0 radical (unpaired) electrons. The molecule has 0 heterocycles. The van der Waals surface area contributed by atoms with E-state index in [2.05, 4.69) is 5.32 Å². The second-order valence-electron chi connectivity index (χ2n) is 5.77. The van der Waals surface area contributed by atoms with Crippen LogP contribution in [0.5, 0.6) is 0 Å². The van der Waals surface area contributed by atoms with Crippen molar-refractivity contribution in [1.82, 2.24) is 5.32 Å². The van der Waals surface area contributed by atoms with E-state index in [1.54, 1.807) is 0 Å². The minimum absolute atomic E-state index is 0.168. The molecular weight excluding hydrogens is 417 g/mol. The Bertz CT molecular complexity index is 469. The van der Waals surface area contributed by atoms with E-state index < -0.39 is 48.6 Å². The van der Waals surface area contributed by atoms with Gasteiger partial charge in [0.05, 0.1) is 0 Å². The van der Waals surface area contributed by atoms with Crippen LogP contribution >= 0.6 is 0 Å². The summed E-state index contributed by atoms with van der Waals surface area (Å²) in [6.45, 7) is 0.406. The highest BCUT2D eigenvalue weighted by molar-refractivity contribution is 5.10.